The van der Waals surface area contributed by atoms with Crippen molar-refractivity contribution in [1.29, 1.82) is 0 Å². The normalized spacial score (nSPS) is 23.2. The van der Waals surface area contributed by atoms with Crippen LogP contribution in [0.1, 0.15) is 57.2 Å². The van der Waals surface area contributed by atoms with Crippen LogP contribution in [0, 0.1) is 23.7 Å². The van der Waals surface area contributed by atoms with Gasteiger partial charge in [-0.1, -0.05) is 50.6 Å². The molecule has 3 nitrogen and oxygen atoms in total. The first-order chi connectivity index (χ1) is 10.8. The molecule has 3 rings (SSSR count). The average molecular weight is 351 g/mol. The van der Waals surface area contributed by atoms with Crippen LogP contribution >= 0.6 is 12.4 Å². The lowest BCUT2D eigenvalue weighted by Gasteiger charge is -2.33. The molecule has 1 aromatic carbocycles. The SMILES string of the molecule is Cc1cccc(C(NC(=O)C2CC23CCNCC3)C(C)(C)C)c1.Cl. The van der Waals surface area contributed by atoms with Crippen LogP contribution in [0.25, 0.3) is 0 Å². The fourth-order valence-electron chi connectivity index (χ4n) is 4.09. The lowest BCUT2D eigenvalue weighted by molar-refractivity contribution is -0.124. The lowest BCUT2D eigenvalue weighted by Crippen LogP contribution is -2.39. The van der Waals surface area contributed by atoms with E-state index < -0.39 is 0 Å². The van der Waals surface area contributed by atoms with Crippen molar-refractivity contribution in [2.45, 2.75) is 53.0 Å². The maximum absolute atomic E-state index is 12.9. The summed E-state index contributed by atoms with van der Waals surface area (Å²) in [6, 6.07) is 8.59. The van der Waals surface area contributed by atoms with Crippen molar-refractivity contribution in [1.82, 2.24) is 10.6 Å². The Hall–Kier alpha value is -1.06. The summed E-state index contributed by atoms with van der Waals surface area (Å²) in [6.07, 6.45) is 3.37. The van der Waals surface area contributed by atoms with E-state index in [1.807, 2.05) is 0 Å². The smallest absolute Gasteiger partial charge is 0.224 e. The van der Waals surface area contributed by atoms with E-state index in [-0.39, 0.29) is 35.7 Å². The second kappa shape index (κ2) is 7.05. The zero-order valence-corrected chi connectivity index (χ0v) is 16.1. The molecule has 0 bridgehead atoms. The molecular weight excluding hydrogens is 320 g/mol. The number of hydrogen-bond acceptors (Lipinski definition) is 2. The fourth-order valence-corrected chi connectivity index (χ4v) is 4.09. The van der Waals surface area contributed by atoms with Crippen LogP contribution in [0.3, 0.4) is 0 Å². The molecule has 1 aliphatic carbocycles. The molecular formula is C20H31ClN2O. The summed E-state index contributed by atoms with van der Waals surface area (Å²) < 4.78 is 0. The molecule has 0 aromatic heterocycles. The van der Waals surface area contributed by atoms with Gasteiger partial charge in [0.05, 0.1) is 6.04 Å². The highest BCUT2D eigenvalue weighted by Crippen LogP contribution is 2.58. The van der Waals surface area contributed by atoms with E-state index in [4.69, 9.17) is 0 Å². The van der Waals surface area contributed by atoms with Crippen molar-refractivity contribution in [2.75, 3.05) is 13.1 Å². The number of carbonyl (C=O) groups excluding carboxylic acids is 1. The van der Waals surface area contributed by atoms with E-state index in [1.54, 1.807) is 0 Å². The highest BCUT2D eigenvalue weighted by atomic mass is 35.5. The number of aryl methyl sites for hydroxylation is 1. The van der Waals surface area contributed by atoms with Crippen molar-refractivity contribution in [2.24, 2.45) is 16.7 Å². The van der Waals surface area contributed by atoms with Gasteiger partial charge in [0.2, 0.25) is 5.91 Å². The molecule has 2 aliphatic rings. The monoisotopic (exact) mass is 350 g/mol. The molecule has 1 saturated carbocycles. The number of halogens is 1. The molecule has 2 N–H and O–H groups in total. The molecule has 2 unspecified atom stereocenters. The van der Waals surface area contributed by atoms with Gasteiger partial charge in [0.1, 0.15) is 0 Å². The van der Waals surface area contributed by atoms with Gasteiger partial charge in [-0.25, -0.2) is 0 Å². The third-order valence-electron chi connectivity index (χ3n) is 5.63. The Morgan fingerprint density at radius 1 is 1.29 bits per heavy atom. The van der Waals surface area contributed by atoms with Crippen LogP contribution < -0.4 is 10.6 Å². The van der Waals surface area contributed by atoms with Gasteiger partial charge >= 0.3 is 0 Å². The number of nitrogens with one attached hydrogen (secondary N) is 2. The number of amides is 1. The van der Waals surface area contributed by atoms with Crippen molar-refractivity contribution >= 4 is 18.3 Å². The third-order valence-corrected chi connectivity index (χ3v) is 5.63. The minimum atomic E-state index is -0.000370. The van der Waals surface area contributed by atoms with Gasteiger partial charge in [-0.2, -0.15) is 0 Å². The molecule has 1 saturated heterocycles. The summed E-state index contributed by atoms with van der Waals surface area (Å²) in [5, 5.41) is 6.78. The second-order valence-electron chi connectivity index (χ2n) is 8.59. The molecule has 1 aromatic rings. The summed E-state index contributed by atoms with van der Waals surface area (Å²) in [6.45, 7) is 10.8. The highest BCUT2D eigenvalue weighted by Gasteiger charge is 2.58. The maximum atomic E-state index is 12.9. The molecule has 1 aliphatic heterocycles. The van der Waals surface area contributed by atoms with E-state index in [1.165, 1.54) is 11.1 Å². The Bertz CT molecular complexity index is 588. The van der Waals surface area contributed by atoms with E-state index in [2.05, 4.69) is 62.6 Å². The lowest BCUT2D eigenvalue weighted by atomic mass is 9.81. The van der Waals surface area contributed by atoms with Crippen molar-refractivity contribution in [3.63, 3.8) is 0 Å². The Kier molecular flexibility index (Phi) is 5.66. The molecule has 1 spiro atoms. The third kappa shape index (κ3) is 3.94. The molecule has 2 atom stereocenters. The second-order valence-corrected chi connectivity index (χ2v) is 8.59. The topological polar surface area (TPSA) is 41.1 Å². The van der Waals surface area contributed by atoms with Crippen LogP contribution in [0.15, 0.2) is 24.3 Å². The number of piperidine rings is 1. The Morgan fingerprint density at radius 3 is 2.54 bits per heavy atom. The maximum Gasteiger partial charge on any atom is 0.224 e. The van der Waals surface area contributed by atoms with Gasteiger partial charge in [-0.15, -0.1) is 12.4 Å². The molecule has 2 fully saturated rings. The molecule has 4 heteroatoms. The number of carbonyl (C=O) groups is 1. The van der Waals surface area contributed by atoms with Gasteiger partial charge in [-0.05, 0) is 55.7 Å². The first kappa shape index (κ1) is 19.3. The van der Waals surface area contributed by atoms with E-state index >= 15 is 0 Å². The Morgan fingerprint density at radius 2 is 1.96 bits per heavy atom. The molecule has 24 heavy (non-hydrogen) atoms. The summed E-state index contributed by atoms with van der Waals surface area (Å²) in [7, 11) is 0. The van der Waals surface area contributed by atoms with Gasteiger partial charge in [0, 0.05) is 5.92 Å². The Balaban J connectivity index is 0.00000208. The highest BCUT2D eigenvalue weighted by molar-refractivity contribution is 5.85. The van der Waals surface area contributed by atoms with E-state index in [0.717, 1.165) is 32.4 Å². The van der Waals surface area contributed by atoms with Crippen LogP contribution in [0.4, 0.5) is 0 Å². The minimum absolute atomic E-state index is 0. The molecule has 134 valence electrons. The quantitative estimate of drug-likeness (QED) is 0.864. The summed E-state index contributed by atoms with van der Waals surface area (Å²) >= 11 is 0. The number of hydrogen-bond donors (Lipinski definition) is 2. The molecule has 1 amide bonds. The summed E-state index contributed by atoms with van der Waals surface area (Å²) in [5.41, 5.74) is 2.75. The first-order valence-electron chi connectivity index (χ1n) is 8.89. The predicted molar refractivity (Wildman–Crippen MR) is 101 cm³/mol. The van der Waals surface area contributed by atoms with Gasteiger partial charge in [-0.3, -0.25) is 4.79 Å². The van der Waals surface area contributed by atoms with Crippen molar-refractivity contribution < 1.29 is 4.79 Å². The molecule has 1 heterocycles. The molecule has 0 radical (unpaired) electrons. The standard InChI is InChI=1S/C20H30N2O.ClH/c1-14-6-5-7-15(12-14)17(19(2,3)4)22-18(23)16-13-20(16)8-10-21-11-9-20;/h5-7,12,16-17,21H,8-11,13H2,1-4H3,(H,22,23);1H. The predicted octanol–water partition coefficient (Wildman–Crippen LogP) is 4.01. The van der Waals surface area contributed by atoms with E-state index in [9.17, 15) is 4.79 Å². The van der Waals surface area contributed by atoms with Crippen LogP contribution in [0.2, 0.25) is 0 Å². The number of rotatable bonds is 3. The van der Waals surface area contributed by atoms with Crippen LogP contribution in [0.5, 0.6) is 0 Å². The minimum Gasteiger partial charge on any atom is -0.349 e. The zero-order chi connectivity index (χ0) is 16.7. The average Bonchev–Trinajstić information content (AvgIpc) is 3.17. The fraction of sp³-hybridized carbons (Fsp3) is 0.650. The van der Waals surface area contributed by atoms with Gasteiger partial charge in [0.15, 0.2) is 0 Å². The van der Waals surface area contributed by atoms with Gasteiger partial charge in [0.25, 0.3) is 0 Å². The first-order valence-corrected chi connectivity index (χ1v) is 8.89. The van der Waals surface area contributed by atoms with Crippen LogP contribution in [-0.4, -0.2) is 19.0 Å². The largest absolute Gasteiger partial charge is 0.349 e. The van der Waals surface area contributed by atoms with Crippen molar-refractivity contribution in [3.05, 3.63) is 35.4 Å². The zero-order valence-electron chi connectivity index (χ0n) is 15.3. The Labute approximate surface area is 152 Å². The van der Waals surface area contributed by atoms with Crippen LogP contribution in [-0.2, 0) is 4.79 Å². The van der Waals surface area contributed by atoms with Crippen molar-refractivity contribution in [3.8, 4) is 0 Å². The summed E-state index contributed by atoms with van der Waals surface area (Å²) in [4.78, 5) is 12.9. The van der Waals surface area contributed by atoms with E-state index in [0.29, 0.717) is 5.41 Å². The van der Waals surface area contributed by atoms with Gasteiger partial charge < -0.3 is 10.6 Å². The number of benzene rings is 1. The summed E-state index contributed by atoms with van der Waals surface area (Å²) in [5.74, 6) is 0.479.